The number of rotatable bonds is 2. The third-order valence-electron chi connectivity index (χ3n) is 2.39. The monoisotopic (exact) mass is 210 g/mol. The highest BCUT2D eigenvalue weighted by Crippen LogP contribution is 2.33. The predicted molar refractivity (Wildman–Crippen MR) is 62.2 cm³/mol. The summed E-state index contributed by atoms with van der Waals surface area (Å²) < 4.78 is 1.71. The van der Waals surface area contributed by atoms with Crippen LogP contribution in [0.5, 0.6) is 5.88 Å². The van der Waals surface area contributed by atoms with E-state index in [1.54, 1.807) is 4.68 Å². The molecule has 1 heterocycles. The fourth-order valence-electron chi connectivity index (χ4n) is 1.92. The number of aromatic hydroxyl groups is 1. The molecule has 0 amide bonds. The first-order chi connectivity index (χ1) is 6.73. The first-order valence-electron chi connectivity index (χ1n) is 5.50. The molecule has 0 aliphatic rings. The average molecular weight is 210 g/mol. The van der Waals surface area contributed by atoms with Crippen LogP contribution in [0.25, 0.3) is 0 Å². The number of aryl methyl sites for hydroxylation is 1. The fraction of sp³-hybridized carbons (Fsp3) is 0.750. The Bertz CT molecular complexity index is 345. The molecule has 86 valence electrons. The second-order valence-electron chi connectivity index (χ2n) is 5.61. The molecule has 0 saturated heterocycles. The van der Waals surface area contributed by atoms with Gasteiger partial charge < -0.3 is 5.11 Å². The SMILES string of the molecule is Cc1nn(CC(C)C)c(O)c1C(C)(C)C. The summed E-state index contributed by atoms with van der Waals surface area (Å²) >= 11 is 0. The molecular weight excluding hydrogens is 188 g/mol. The molecule has 0 aromatic carbocycles. The Morgan fingerprint density at radius 3 is 2.20 bits per heavy atom. The summed E-state index contributed by atoms with van der Waals surface area (Å²) in [5, 5.41) is 14.5. The highest BCUT2D eigenvalue weighted by atomic mass is 16.3. The van der Waals surface area contributed by atoms with Crippen molar-refractivity contribution in [3.05, 3.63) is 11.3 Å². The Morgan fingerprint density at radius 2 is 1.87 bits per heavy atom. The summed E-state index contributed by atoms with van der Waals surface area (Å²) in [5.41, 5.74) is 1.84. The van der Waals surface area contributed by atoms with Crippen LogP contribution in [0.1, 0.15) is 45.9 Å². The number of hydrogen-bond acceptors (Lipinski definition) is 2. The molecule has 0 aliphatic heterocycles. The Morgan fingerprint density at radius 1 is 1.33 bits per heavy atom. The third-order valence-corrected chi connectivity index (χ3v) is 2.39. The minimum Gasteiger partial charge on any atom is -0.493 e. The first kappa shape index (κ1) is 12.1. The van der Waals surface area contributed by atoms with Gasteiger partial charge in [0.2, 0.25) is 5.88 Å². The van der Waals surface area contributed by atoms with E-state index >= 15 is 0 Å². The summed E-state index contributed by atoms with van der Waals surface area (Å²) in [5.74, 6) is 0.816. The summed E-state index contributed by atoms with van der Waals surface area (Å²) in [7, 11) is 0. The van der Waals surface area contributed by atoms with Crippen LogP contribution in [0, 0.1) is 12.8 Å². The van der Waals surface area contributed by atoms with Crippen LogP contribution in [0.3, 0.4) is 0 Å². The molecule has 15 heavy (non-hydrogen) atoms. The van der Waals surface area contributed by atoms with Gasteiger partial charge in [-0.15, -0.1) is 0 Å². The van der Waals surface area contributed by atoms with Crippen molar-refractivity contribution in [3.63, 3.8) is 0 Å². The van der Waals surface area contributed by atoms with Gasteiger partial charge in [0.05, 0.1) is 5.69 Å². The normalized spacial score (nSPS) is 12.5. The summed E-state index contributed by atoms with van der Waals surface area (Å²) in [6.45, 7) is 13.2. The fourth-order valence-corrected chi connectivity index (χ4v) is 1.92. The van der Waals surface area contributed by atoms with Crippen molar-refractivity contribution in [2.24, 2.45) is 5.92 Å². The minimum atomic E-state index is -0.0522. The summed E-state index contributed by atoms with van der Waals surface area (Å²) in [6, 6.07) is 0. The Hall–Kier alpha value is -0.990. The molecule has 0 bridgehead atoms. The lowest BCUT2D eigenvalue weighted by Crippen LogP contribution is -2.12. The number of nitrogens with zero attached hydrogens (tertiary/aromatic N) is 2. The molecular formula is C12H22N2O. The third kappa shape index (κ3) is 2.52. The molecule has 1 rings (SSSR count). The first-order valence-corrected chi connectivity index (χ1v) is 5.50. The second-order valence-corrected chi connectivity index (χ2v) is 5.61. The standard InChI is InChI=1S/C12H22N2O/c1-8(2)7-14-11(15)10(9(3)13-14)12(4,5)6/h8,15H,7H2,1-6H3. The van der Waals surface area contributed by atoms with Crippen LogP contribution in [-0.4, -0.2) is 14.9 Å². The maximum atomic E-state index is 10.1. The van der Waals surface area contributed by atoms with Crippen molar-refractivity contribution >= 4 is 0 Å². The van der Waals surface area contributed by atoms with E-state index in [0.29, 0.717) is 11.8 Å². The molecule has 1 N–H and O–H groups in total. The van der Waals surface area contributed by atoms with Crippen LogP contribution in [-0.2, 0) is 12.0 Å². The van der Waals surface area contributed by atoms with E-state index in [2.05, 4.69) is 39.7 Å². The molecule has 0 fully saturated rings. The van der Waals surface area contributed by atoms with Crippen molar-refractivity contribution < 1.29 is 5.11 Å². The molecule has 1 aromatic heterocycles. The molecule has 3 nitrogen and oxygen atoms in total. The van der Waals surface area contributed by atoms with Crippen LogP contribution in [0.4, 0.5) is 0 Å². The average Bonchev–Trinajstić information content (AvgIpc) is 2.23. The molecule has 0 unspecified atom stereocenters. The smallest absolute Gasteiger partial charge is 0.213 e. The van der Waals surface area contributed by atoms with E-state index in [1.807, 2.05) is 6.92 Å². The lowest BCUT2D eigenvalue weighted by atomic mass is 9.87. The quantitative estimate of drug-likeness (QED) is 0.815. The van der Waals surface area contributed by atoms with Crippen molar-refractivity contribution in [3.8, 4) is 5.88 Å². The van der Waals surface area contributed by atoms with E-state index in [1.165, 1.54) is 0 Å². The van der Waals surface area contributed by atoms with Gasteiger partial charge in [-0.25, -0.2) is 4.68 Å². The largest absolute Gasteiger partial charge is 0.493 e. The molecule has 0 radical (unpaired) electrons. The van der Waals surface area contributed by atoms with Crippen LogP contribution < -0.4 is 0 Å². The predicted octanol–water partition coefficient (Wildman–Crippen LogP) is 2.85. The van der Waals surface area contributed by atoms with Gasteiger partial charge in [0, 0.05) is 12.1 Å². The van der Waals surface area contributed by atoms with Gasteiger partial charge in [0.25, 0.3) is 0 Å². The summed E-state index contributed by atoms with van der Waals surface area (Å²) in [6.07, 6.45) is 0. The van der Waals surface area contributed by atoms with Crippen LogP contribution in [0.15, 0.2) is 0 Å². The van der Waals surface area contributed by atoms with Gasteiger partial charge >= 0.3 is 0 Å². The molecule has 3 heteroatoms. The topological polar surface area (TPSA) is 38.0 Å². The maximum Gasteiger partial charge on any atom is 0.213 e. The van der Waals surface area contributed by atoms with Crippen molar-refractivity contribution in [2.75, 3.05) is 0 Å². The van der Waals surface area contributed by atoms with Crippen molar-refractivity contribution in [1.29, 1.82) is 0 Å². The highest BCUT2D eigenvalue weighted by Gasteiger charge is 2.25. The van der Waals surface area contributed by atoms with E-state index < -0.39 is 0 Å². The van der Waals surface area contributed by atoms with E-state index in [4.69, 9.17) is 0 Å². The molecule has 0 atom stereocenters. The highest BCUT2D eigenvalue weighted by molar-refractivity contribution is 5.36. The molecule has 0 saturated carbocycles. The van der Waals surface area contributed by atoms with Crippen molar-refractivity contribution in [1.82, 2.24) is 9.78 Å². The zero-order chi connectivity index (χ0) is 11.8. The summed E-state index contributed by atoms with van der Waals surface area (Å²) in [4.78, 5) is 0. The molecule has 0 spiro atoms. The van der Waals surface area contributed by atoms with Gasteiger partial charge in [-0.3, -0.25) is 0 Å². The van der Waals surface area contributed by atoms with Gasteiger partial charge in [-0.2, -0.15) is 5.10 Å². The zero-order valence-corrected chi connectivity index (χ0v) is 10.6. The molecule has 1 aromatic rings. The Labute approximate surface area is 92.1 Å². The maximum absolute atomic E-state index is 10.1. The van der Waals surface area contributed by atoms with Crippen LogP contribution >= 0.6 is 0 Å². The van der Waals surface area contributed by atoms with Gasteiger partial charge in [0.1, 0.15) is 0 Å². The second kappa shape index (κ2) is 3.87. The van der Waals surface area contributed by atoms with Crippen LogP contribution in [0.2, 0.25) is 0 Å². The zero-order valence-electron chi connectivity index (χ0n) is 10.6. The number of aromatic nitrogens is 2. The lowest BCUT2D eigenvalue weighted by Gasteiger charge is -2.18. The van der Waals surface area contributed by atoms with Gasteiger partial charge in [-0.1, -0.05) is 34.6 Å². The number of hydrogen-bond donors (Lipinski definition) is 1. The van der Waals surface area contributed by atoms with Gasteiger partial charge in [0.15, 0.2) is 0 Å². The lowest BCUT2D eigenvalue weighted by molar-refractivity contribution is 0.361. The molecule has 0 aliphatic carbocycles. The Balaban J connectivity index is 3.15. The van der Waals surface area contributed by atoms with Gasteiger partial charge in [-0.05, 0) is 18.3 Å². The van der Waals surface area contributed by atoms with E-state index in [0.717, 1.165) is 17.8 Å². The Kier molecular flexibility index (Phi) is 3.12. The van der Waals surface area contributed by atoms with Crippen molar-refractivity contribution in [2.45, 2.75) is 53.5 Å². The van der Waals surface area contributed by atoms with E-state index in [9.17, 15) is 5.11 Å². The van der Waals surface area contributed by atoms with E-state index in [-0.39, 0.29) is 5.41 Å². The minimum absolute atomic E-state index is 0.0522.